The lowest BCUT2D eigenvalue weighted by molar-refractivity contribution is 0.953. The van der Waals surface area contributed by atoms with Crippen molar-refractivity contribution >= 4 is 5.52 Å². The van der Waals surface area contributed by atoms with Gasteiger partial charge >= 0.3 is 0 Å². The normalized spacial score (nSPS) is 10.5. The van der Waals surface area contributed by atoms with Crippen molar-refractivity contribution in [3.63, 3.8) is 0 Å². The number of fused-ring (bicyclic) bond motifs is 1. The van der Waals surface area contributed by atoms with Gasteiger partial charge in [-0.3, -0.25) is 0 Å². The minimum atomic E-state index is 1.10. The van der Waals surface area contributed by atoms with Gasteiger partial charge in [0.2, 0.25) is 0 Å². The van der Waals surface area contributed by atoms with Crippen LogP contribution in [0.25, 0.3) is 5.52 Å². The monoisotopic (exact) mass is 131 g/mol. The summed E-state index contributed by atoms with van der Waals surface area (Å²) in [6, 6.07) is 5.96. The Kier molecular flexibility index (Phi) is 1.01. The number of pyridine rings is 1. The lowest BCUT2D eigenvalue weighted by Gasteiger charge is -1.92. The molecule has 0 aliphatic rings. The molecular formula is C8H7N2. The zero-order valence-electron chi connectivity index (χ0n) is 5.70. The molecular weight excluding hydrogens is 124 g/mol. The second-order valence-electron chi connectivity index (χ2n) is 2.35. The van der Waals surface area contributed by atoms with Crippen molar-refractivity contribution in [2.45, 2.75) is 6.92 Å². The van der Waals surface area contributed by atoms with Crippen LogP contribution in [0.1, 0.15) is 5.56 Å². The lowest BCUT2D eigenvalue weighted by atomic mass is 10.3. The fourth-order valence-corrected chi connectivity index (χ4v) is 0.978. The molecule has 0 atom stereocenters. The van der Waals surface area contributed by atoms with E-state index in [0.717, 1.165) is 5.52 Å². The van der Waals surface area contributed by atoms with Gasteiger partial charge in [0.25, 0.3) is 0 Å². The van der Waals surface area contributed by atoms with Gasteiger partial charge in [-0.05, 0) is 30.7 Å². The second-order valence-corrected chi connectivity index (χ2v) is 2.35. The van der Waals surface area contributed by atoms with Crippen molar-refractivity contribution in [1.82, 2.24) is 9.61 Å². The van der Waals surface area contributed by atoms with E-state index >= 15 is 0 Å². The third-order valence-corrected chi connectivity index (χ3v) is 1.50. The Labute approximate surface area is 59.1 Å². The molecule has 0 saturated carbocycles. The van der Waals surface area contributed by atoms with E-state index in [0.29, 0.717) is 0 Å². The molecule has 2 rings (SSSR count). The maximum absolute atomic E-state index is 3.95. The van der Waals surface area contributed by atoms with Crippen molar-refractivity contribution in [3.05, 3.63) is 36.2 Å². The standard InChI is InChI=1S/C8H7N2/c1-7-3-5-10-8(6-7)2-4-9-10/h2-3,5-6H,1H3. The number of rotatable bonds is 0. The zero-order valence-corrected chi connectivity index (χ0v) is 5.70. The Morgan fingerprint density at radius 3 is 3.40 bits per heavy atom. The Morgan fingerprint density at radius 2 is 2.50 bits per heavy atom. The first-order valence-electron chi connectivity index (χ1n) is 3.18. The van der Waals surface area contributed by atoms with E-state index in [1.54, 1.807) is 4.52 Å². The van der Waals surface area contributed by atoms with Crippen LogP contribution < -0.4 is 0 Å². The van der Waals surface area contributed by atoms with Crippen LogP contribution in [-0.4, -0.2) is 9.61 Å². The Balaban J connectivity index is 2.86. The fraction of sp³-hybridized carbons (Fsp3) is 0.125. The van der Waals surface area contributed by atoms with Gasteiger partial charge in [-0.2, -0.15) is 5.10 Å². The molecule has 1 radical (unpaired) electrons. The molecule has 49 valence electrons. The third-order valence-electron chi connectivity index (χ3n) is 1.50. The number of nitrogens with zero attached hydrogens (tertiary/aromatic N) is 2. The molecule has 2 nitrogen and oxygen atoms in total. The highest BCUT2D eigenvalue weighted by molar-refractivity contribution is 5.46. The Hall–Kier alpha value is -1.31. The van der Waals surface area contributed by atoms with Crippen molar-refractivity contribution in [3.8, 4) is 0 Å². The van der Waals surface area contributed by atoms with Gasteiger partial charge in [-0.15, -0.1) is 0 Å². The van der Waals surface area contributed by atoms with Crippen LogP contribution >= 0.6 is 0 Å². The van der Waals surface area contributed by atoms with Gasteiger partial charge in [-0.25, -0.2) is 4.52 Å². The van der Waals surface area contributed by atoms with Crippen LogP contribution in [0, 0.1) is 13.1 Å². The third kappa shape index (κ3) is 0.692. The summed E-state index contributed by atoms with van der Waals surface area (Å²) in [5, 5.41) is 3.95. The van der Waals surface area contributed by atoms with Crippen LogP contribution in [0.4, 0.5) is 0 Å². The summed E-state index contributed by atoms with van der Waals surface area (Å²) in [7, 11) is 0. The summed E-state index contributed by atoms with van der Waals surface area (Å²) < 4.78 is 1.80. The zero-order chi connectivity index (χ0) is 6.97. The van der Waals surface area contributed by atoms with Crippen LogP contribution in [0.2, 0.25) is 0 Å². The maximum Gasteiger partial charge on any atom is 0.114 e. The molecule has 0 fully saturated rings. The molecule has 0 N–H and O–H groups in total. The molecule has 10 heavy (non-hydrogen) atoms. The quantitative estimate of drug-likeness (QED) is 0.529. The minimum Gasteiger partial charge on any atom is -0.240 e. The van der Waals surface area contributed by atoms with Gasteiger partial charge in [0, 0.05) is 6.20 Å². The highest BCUT2D eigenvalue weighted by Gasteiger charge is 1.90. The average Bonchev–Trinajstić information content (AvgIpc) is 2.33. The number of hydrogen-bond acceptors (Lipinski definition) is 1. The summed E-state index contributed by atoms with van der Waals surface area (Å²) >= 11 is 0. The average molecular weight is 131 g/mol. The molecule has 0 aliphatic carbocycles. The number of hydrogen-bond donors (Lipinski definition) is 0. The molecule has 0 amide bonds. The summed E-state index contributed by atoms with van der Waals surface area (Å²) in [4.78, 5) is 0. The Bertz CT molecular complexity index is 349. The number of aromatic nitrogens is 2. The summed E-state index contributed by atoms with van der Waals surface area (Å²) in [5.41, 5.74) is 2.35. The van der Waals surface area contributed by atoms with Crippen molar-refractivity contribution < 1.29 is 0 Å². The van der Waals surface area contributed by atoms with Crippen LogP contribution in [0.3, 0.4) is 0 Å². The van der Waals surface area contributed by atoms with Crippen molar-refractivity contribution in [2.75, 3.05) is 0 Å². The first-order chi connectivity index (χ1) is 4.86. The molecule has 2 heterocycles. The maximum atomic E-state index is 3.95. The van der Waals surface area contributed by atoms with Gasteiger partial charge in [0.05, 0.1) is 5.52 Å². The summed E-state index contributed by atoms with van der Waals surface area (Å²) in [6.07, 6.45) is 4.71. The molecule has 0 aliphatic heterocycles. The molecule has 0 spiro atoms. The van der Waals surface area contributed by atoms with Crippen molar-refractivity contribution in [2.24, 2.45) is 0 Å². The van der Waals surface area contributed by atoms with Gasteiger partial charge in [0.1, 0.15) is 6.20 Å². The highest BCUT2D eigenvalue weighted by atomic mass is 15.2. The van der Waals surface area contributed by atoms with Gasteiger partial charge in [-0.1, -0.05) is 0 Å². The lowest BCUT2D eigenvalue weighted by Crippen LogP contribution is -1.84. The van der Waals surface area contributed by atoms with Crippen LogP contribution in [0.5, 0.6) is 0 Å². The summed E-state index contributed by atoms with van der Waals surface area (Å²) in [5.74, 6) is 0. The topological polar surface area (TPSA) is 17.3 Å². The van der Waals surface area contributed by atoms with E-state index < -0.39 is 0 Å². The molecule has 0 aromatic carbocycles. The Morgan fingerprint density at radius 1 is 1.60 bits per heavy atom. The van der Waals surface area contributed by atoms with Crippen molar-refractivity contribution in [1.29, 1.82) is 0 Å². The molecule has 2 heteroatoms. The van der Waals surface area contributed by atoms with Crippen LogP contribution in [-0.2, 0) is 0 Å². The first kappa shape index (κ1) is 5.47. The smallest absolute Gasteiger partial charge is 0.114 e. The van der Waals surface area contributed by atoms with E-state index in [1.807, 2.05) is 18.3 Å². The van der Waals surface area contributed by atoms with E-state index in [4.69, 9.17) is 0 Å². The largest absolute Gasteiger partial charge is 0.240 e. The summed E-state index contributed by atoms with van der Waals surface area (Å²) in [6.45, 7) is 2.06. The predicted molar refractivity (Wildman–Crippen MR) is 38.8 cm³/mol. The first-order valence-corrected chi connectivity index (χ1v) is 3.18. The predicted octanol–water partition coefficient (Wildman–Crippen LogP) is 1.44. The number of aryl methyl sites for hydroxylation is 1. The van der Waals surface area contributed by atoms with Gasteiger partial charge in [0.15, 0.2) is 0 Å². The van der Waals surface area contributed by atoms with E-state index in [1.165, 1.54) is 5.56 Å². The van der Waals surface area contributed by atoms with Crippen LogP contribution in [0.15, 0.2) is 24.4 Å². The molecule has 0 saturated heterocycles. The molecule has 2 aromatic rings. The molecule has 0 bridgehead atoms. The van der Waals surface area contributed by atoms with Gasteiger partial charge < -0.3 is 0 Å². The second kappa shape index (κ2) is 1.84. The van der Waals surface area contributed by atoms with E-state index in [-0.39, 0.29) is 0 Å². The van der Waals surface area contributed by atoms with E-state index in [9.17, 15) is 0 Å². The fourth-order valence-electron chi connectivity index (χ4n) is 0.978. The SMILES string of the molecule is Cc1ccn2n[c]cc2c1. The molecule has 2 aromatic heterocycles. The molecule has 0 unspecified atom stereocenters. The van der Waals surface area contributed by atoms with E-state index in [2.05, 4.69) is 24.3 Å². The highest BCUT2D eigenvalue weighted by Crippen LogP contribution is 2.03. The minimum absolute atomic E-state index is 1.10.